The summed E-state index contributed by atoms with van der Waals surface area (Å²) in [4.78, 5) is 0. The van der Waals surface area contributed by atoms with Crippen molar-refractivity contribution in [2.75, 3.05) is 20.5 Å². The van der Waals surface area contributed by atoms with Crippen LogP contribution in [0, 0.1) is 0 Å². The van der Waals surface area contributed by atoms with Crippen molar-refractivity contribution in [3.63, 3.8) is 0 Å². The SMILES string of the molecule is COc1cccc(OC)c1-n1c(CS(C)(=O)=O)nnc1-c1ccn(C)n1. The number of aromatic nitrogens is 5. The molecular weight excluding hydrogens is 358 g/mol. The van der Waals surface area contributed by atoms with Crippen molar-refractivity contribution in [3.05, 3.63) is 36.3 Å². The molecule has 10 heteroatoms. The minimum atomic E-state index is -3.34. The molecule has 26 heavy (non-hydrogen) atoms. The molecule has 0 saturated heterocycles. The lowest BCUT2D eigenvalue weighted by molar-refractivity contribution is 0.390. The van der Waals surface area contributed by atoms with Gasteiger partial charge in [0.2, 0.25) is 0 Å². The zero-order valence-electron chi connectivity index (χ0n) is 14.9. The predicted octanol–water partition coefficient (Wildman–Crippen LogP) is 1.23. The van der Waals surface area contributed by atoms with E-state index in [2.05, 4.69) is 15.3 Å². The fourth-order valence-corrected chi connectivity index (χ4v) is 3.29. The van der Waals surface area contributed by atoms with E-state index in [0.29, 0.717) is 28.7 Å². The third-order valence-electron chi connectivity index (χ3n) is 3.69. The summed E-state index contributed by atoms with van der Waals surface area (Å²) in [6, 6.07) is 7.06. The zero-order chi connectivity index (χ0) is 18.9. The fourth-order valence-electron chi connectivity index (χ4n) is 2.63. The molecule has 3 aromatic rings. The number of benzene rings is 1. The Bertz CT molecular complexity index is 1020. The topological polar surface area (TPSA) is 101 Å². The van der Waals surface area contributed by atoms with Gasteiger partial charge in [0.05, 0.1) is 14.2 Å². The van der Waals surface area contributed by atoms with Crippen LogP contribution in [-0.4, -0.2) is 53.4 Å². The molecule has 0 spiro atoms. The van der Waals surface area contributed by atoms with E-state index in [-0.39, 0.29) is 11.6 Å². The molecular formula is C16H19N5O4S. The molecule has 3 rings (SSSR count). The second-order valence-electron chi connectivity index (χ2n) is 5.73. The van der Waals surface area contributed by atoms with Crippen LogP contribution in [0.25, 0.3) is 17.2 Å². The maximum absolute atomic E-state index is 11.9. The highest BCUT2D eigenvalue weighted by molar-refractivity contribution is 7.89. The number of para-hydroxylation sites is 1. The summed E-state index contributed by atoms with van der Waals surface area (Å²) in [5.74, 6) is 1.35. The first-order chi connectivity index (χ1) is 12.3. The molecule has 0 aliphatic rings. The zero-order valence-corrected chi connectivity index (χ0v) is 15.7. The van der Waals surface area contributed by atoms with E-state index >= 15 is 0 Å². The van der Waals surface area contributed by atoms with Gasteiger partial charge >= 0.3 is 0 Å². The van der Waals surface area contributed by atoms with Crippen LogP contribution in [0.1, 0.15) is 5.82 Å². The second kappa shape index (κ2) is 6.79. The second-order valence-corrected chi connectivity index (χ2v) is 7.87. The van der Waals surface area contributed by atoms with Crippen LogP contribution in [0.2, 0.25) is 0 Å². The Morgan fingerprint density at radius 3 is 2.23 bits per heavy atom. The number of hydrogen-bond acceptors (Lipinski definition) is 7. The van der Waals surface area contributed by atoms with E-state index in [9.17, 15) is 8.42 Å². The van der Waals surface area contributed by atoms with Crippen LogP contribution in [0.4, 0.5) is 0 Å². The average molecular weight is 377 g/mol. The standard InChI is InChI=1S/C16H19N5O4S/c1-20-9-8-11(19-20)16-18-17-14(10-26(4,22)23)21(16)15-12(24-2)6-5-7-13(15)25-3/h5-9H,10H2,1-4H3. The highest BCUT2D eigenvalue weighted by Crippen LogP contribution is 2.36. The highest BCUT2D eigenvalue weighted by atomic mass is 32.2. The Morgan fingerprint density at radius 1 is 1.08 bits per heavy atom. The minimum Gasteiger partial charge on any atom is -0.494 e. The Kier molecular flexibility index (Phi) is 4.68. The average Bonchev–Trinajstić information content (AvgIpc) is 3.18. The normalized spacial score (nSPS) is 11.5. The molecule has 2 heterocycles. The summed E-state index contributed by atoms with van der Waals surface area (Å²) < 4.78 is 37.9. The molecule has 0 fully saturated rings. The largest absolute Gasteiger partial charge is 0.494 e. The van der Waals surface area contributed by atoms with Gasteiger partial charge in [-0.1, -0.05) is 6.07 Å². The van der Waals surface area contributed by atoms with E-state index in [0.717, 1.165) is 6.26 Å². The Balaban J connectivity index is 2.33. The predicted molar refractivity (Wildman–Crippen MR) is 95.2 cm³/mol. The third-order valence-corrected chi connectivity index (χ3v) is 4.47. The van der Waals surface area contributed by atoms with Crippen LogP contribution < -0.4 is 9.47 Å². The van der Waals surface area contributed by atoms with Gasteiger partial charge in [-0.25, -0.2) is 8.42 Å². The van der Waals surface area contributed by atoms with Gasteiger partial charge in [0.15, 0.2) is 21.5 Å². The molecule has 0 saturated carbocycles. The molecule has 138 valence electrons. The summed E-state index contributed by atoms with van der Waals surface area (Å²) in [5, 5.41) is 12.6. The summed E-state index contributed by atoms with van der Waals surface area (Å²) in [7, 11) is 1.50. The summed E-state index contributed by atoms with van der Waals surface area (Å²) in [6.45, 7) is 0. The van der Waals surface area contributed by atoms with Crippen LogP contribution in [0.15, 0.2) is 30.5 Å². The first-order valence-electron chi connectivity index (χ1n) is 7.67. The van der Waals surface area contributed by atoms with Gasteiger partial charge < -0.3 is 9.47 Å². The lowest BCUT2D eigenvalue weighted by Crippen LogP contribution is -2.11. The molecule has 2 aromatic heterocycles. The molecule has 0 aliphatic heterocycles. The molecule has 9 nitrogen and oxygen atoms in total. The monoisotopic (exact) mass is 377 g/mol. The number of nitrogens with zero attached hydrogens (tertiary/aromatic N) is 5. The molecule has 0 atom stereocenters. The number of hydrogen-bond donors (Lipinski definition) is 0. The molecule has 0 unspecified atom stereocenters. The number of methoxy groups -OCH3 is 2. The molecule has 0 amide bonds. The van der Waals surface area contributed by atoms with E-state index in [1.165, 1.54) is 14.2 Å². The van der Waals surface area contributed by atoms with Gasteiger partial charge in [-0.15, -0.1) is 10.2 Å². The van der Waals surface area contributed by atoms with Gasteiger partial charge in [-0.2, -0.15) is 5.10 Å². The van der Waals surface area contributed by atoms with Gasteiger partial charge in [-0.05, 0) is 18.2 Å². The number of rotatable bonds is 6. The van der Waals surface area contributed by atoms with Crippen LogP contribution in [0.5, 0.6) is 11.5 Å². The molecule has 0 radical (unpaired) electrons. The lowest BCUT2D eigenvalue weighted by atomic mass is 10.2. The van der Waals surface area contributed by atoms with Crippen molar-refractivity contribution in [1.82, 2.24) is 24.5 Å². The molecule has 0 N–H and O–H groups in total. The first-order valence-corrected chi connectivity index (χ1v) is 9.73. The minimum absolute atomic E-state index is 0.246. The van der Waals surface area contributed by atoms with Crippen molar-refractivity contribution in [3.8, 4) is 28.7 Å². The number of aryl methyl sites for hydroxylation is 1. The quantitative estimate of drug-likeness (QED) is 0.637. The molecule has 0 aliphatic carbocycles. The Hall–Kier alpha value is -2.88. The van der Waals surface area contributed by atoms with Crippen molar-refractivity contribution in [2.24, 2.45) is 7.05 Å². The van der Waals surface area contributed by atoms with Crippen molar-refractivity contribution >= 4 is 9.84 Å². The summed E-state index contributed by atoms with van der Waals surface area (Å²) in [5.41, 5.74) is 1.06. The smallest absolute Gasteiger partial charge is 0.189 e. The maximum atomic E-state index is 11.9. The van der Waals surface area contributed by atoms with Crippen molar-refractivity contribution in [1.29, 1.82) is 0 Å². The highest BCUT2D eigenvalue weighted by Gasteiger charge is 2.25. The molecule has 0 bridgehead atoms. The summed E-state index contributed by atoms with van der Waals surface area (Å²) >= 11 is 0. The van der Waals surface area contributed by atoms with Crippen LogP contribution in [-0.2, 0) is 22.6 Å². The number of ether oxygens (including phenoxy) is 2. The van der Waals surface area contributed by atoms with Gasteiger partial charge in [-0.3, -0.25) is 9.25 Å². The van der Waals surface area contributed by atoms with E-state index in [1.807, 2.05) is 0 Å². The van der Waals surface area contributed by atoms with Crippen molar-refractivity contribution < 1.29 is 17.9 Å². The fraction of sp³-hybridized carbons (Fsp3) is 0.312. The third kappa shape index (κ3) is 3.40. The van der Waals surface area contributed by atoms with E-state index in [1.54, 1.807) is 46.8 Å². The summed E-state index contributed by atoms with van der Waals surface area (Å²) in [6.07, 6.45) is 2.91. The van der Waals surface area contributed by atoms with Gasteiger partial charge in [0.25, 0.3) is 0 Å². The van der Waals surface area contributed by atoms with Crippen LogP contribution in [0.3, 0.4) is 0 Å². The van der Waals surface area contributed by atoms with E-state index < -0.39 is 9.84 Å². The number of sulfone groups is 1. The Morgan fingerprint density at radius 2 is 1.73 bits per heavy atom. The maximum Gasteiger partial charge on any atom is 0.189 e. The Labute approximate surface area is 151 Å². The van der Waals surface area contributed by atoms with Gasteiger partial charge in [0, 0.05) is 19.5 Å². The lowest BCUT2D eigenvalue weighted by Gasteiger charge is -2.16. The van der Waals surface area contributed by atoms with E-state index in [4.69, 9.17) is 9.47 Å². The van der Waals surface area contributed by atoms with Gasteiger partial charge in [0.1, 0.15) is 28.6 Å². The molecule has 1 aromatic carbocycles. The first kappa shape index (κ1) is 17.9. The van der Waals surface area contributed by atoms with Crippen LogP contribution >= 0.6 is 0 Å². The van der Waals surface area contributed by atoms with Crippen molar-refractivity contribution in [2.45, 2.75) is 5.75 Å².